The number of ether oxygens (including phenoxy) is 1. The molecule has 0 aliphatic carbocycles. The topological polar surface area (TPSA) is 99.1 Å². The Morgan fingerprint density at radius 1 is 1.04 bits per heavy atom. The molecule has 2 aromatic rings. The highest BCUT2D eigenvalue weighted by Crippen LogP contribution is 2.34. The molecule has 3 N–H and O–H groups in total. The zero-order chi connectivity index (χ0) is 18.0. The SMILES string of the molecule is O=S(=O)(c1cc(F)ccc1Oc1cc(O)cc(O)c1)N1CCNCC1. The van der Waals surface area contributed by atoms with Crippen LogP contribution in [-0.2, 0) is 10.0 Å². The van der Waals surface area contributed by atoms with Gasteiger partial charge in [-0.3, -0.25) is 0 Å². The van der Waals surface area contributed by atoms with Gasteiger partial charge in [0.1, 0.15) is 33.7 Å². The second kappa shape index (κ2) is 6.87. The fourth-order valence-electron chi connectivity index (χ4n) is 2.55. The number of piperazine rings is 1. The molecular formula is C16H17FN2O5S. The minimum absolute atomic E-state index is 0.0286. The van der Waals surface area contributed by atoms with Crippen molar-refractivity contribution >= 4 is 10.0 Å². The van der Waals surface area contributed by atoms with Gasteiger partial charge in [-0.2, -0.15) is 4.31 Å². The highest BCUT2D eigenvalue weighted by molar-refractivity contribution is 7.89. The van der Waals surface area contributed by atoms with Gasteiger partial charge >= 0.3 is 0 Å². The van der Waals surface area contributed by atoms with Crippen molar-refractivity contribution in [1.82, 2.24) is 9.62 Å². The lowest BCUT2D eigenvalue weighted by Gasteiger charge is -2.27. The molecule has 1 fully saturated rings. The molecular weight excluding hydrogens is 351 g/mol. The van der Waals surface area contributed by atoms with Crippen LogP contribution >= 0.6 is 0 Å². The van der Waals surface area contributed by atoms with E-state index in [9.17, 15) is 23.0 Å². The summed E-state index contributed by atoms with van der Waals surface area (Å²) in [4.78, 5) is -0.308. The van der Waals surface area contributed by atoms with Crippen molar-refractivity contribution in [3.8, 4) is 23.0 Å². The first kappa shape index (κ1) is 17.5. The third kappa shape index (κ3) is 3.84. The Kier molecular flexibility index (Phi) is 4.80. The van der Waals surface area contributed by atoms with Gasteiger partial charge in [-0.1, -0.05) is 0 Å². The number of phenolic OH excluding ortho intramolecular Hbond substituents is 2. The van der Waals surface area contributed by atoms with E-state index in [1.165, 1.54) is 22.5 Å². The number of benzene rings is 2. The van der Waals surface area contributed by atoms with Crippen LogP contribution < -0.4 is 10.1 Å². The summed E-state index contributed by atoms with van der Waals surface area (Å²) in [6.45, 7) is 1.55. The monoisotopic (exact) mass is 368 g/mol. The van der Waals surface area contributed by atoms with Crippen molar-refractivity contribution in [1.29, 1.82) is 0 Å². The number of rotatable bonds is 4. The number of phenols is 2. The van der Waals surface area contributed by atoms with Crippen LogP contribution in [0.25, 0.3) is 0 Å². The molecule has 0 saturated carbocycles. The number of aromatic hydroxyl groups is 2. The van der Waals surface area contributed by atoms with Crippen LogP contribution in [0.15, 0.2) is 41.3 Å². The van der Waals surface area contributed by atoms with Crippen LogP contribution in [0.1, 0.15) is 0 Å². The molecule has 0 aromatic heterocycles. The first-order valence-electron chi connectivity index (χ1n) is 7.57. The van der Waals surface area contributed by atoms with Gasteiger partial charge < -0.3 is 20.3 Å². The van der Waals surface area contributed by atoms with Gasteiger partial charge in [0, 0.05) is 44.4 Å². The Bertz CT molecular complexity index is 862. The Hall–Kier alpha value is -2.36. The highest BCUT2D eigenvalue weighted by Gasteiger charge is 2.29. The van der Waals surface area contributed by atoms with Gasteiger partial charge in [-0.05, 0) is 18.2 Å². The smallest absolute Gasteiger partial charge is 0.246 e. The molecule has 7 nitrogen and oxygen atoms in total. The van der Waals surface area contributed by atoms with Gasteiger partial charge in [0.25, 0.3) is 0 Å². The molecule has 1 saturated heterocycles. The second-order valence-corrected chi connectivity index (χ2v) is 7.44. The lowest BCUT2D eigenvalue weighted by atomic mass is 10.3. The van der Waals surface area contributed by atoms with E-state index in [1.54, 1.807) is 0 Å². The van der Waals surface area contributed by atoms with Gasteiger partial charge in [0.05, 0.1) is 0 Å². The van der Waals surface area contributed by atoms with Crippen molar-refractivity contribution in [3.63, 3.8) is 0 Å². The number of halogens is 1. The first-order valence-corrected chi connectivity index (χ1v) is 9.01. The number of hydrogen-bond donors (Lipinski definition) is 3. The molecule has 0 bridgehead atoms. The summed E-state index contributed by atoms with van der Waals surface area (Å²) in [5.74, 6) is -1.27. The predicted molar refractivity (Wildman–Crippen MR) is 87.9 cm³/mol. The van der Waals surface area contributed by atoms with Crippen LogP contribution in [0.2, 0.25) is 0 Å². The van der Waals surface area contributed by atoms with E-state index in [4.69, 9.17) is 4.74 Å². The predicted octanol–water partition coefficient (Wildman–Crippen LogP) is 1.62. The van der Waals surface area contributed by atoms with Gasteiger partial charge in [-0.15, -0.1) is 0 Å². The van der Waals surface area contributed by atoms with E-state index >= 15 is 0 Å². The number of sulfonamides is 1. The van der Waals surface area contributed by atoms with Gasteiger partial charge in [0.2, 0.25) is 10.0 Å². The van der Waals surface area contributed by atoms with Gasteiger partial charge in [0.15, 0.2) is 0 Å². The maximum absolute atomic E-state index is 13.7. The lowest BCUT2D eigenvalue weighted by molar-refractivity contribution is 0.357. The average Bonchev–Trinajstić information content (AvgIpc) is 2.56. The molecule has 0 spiro atoms. The Morgan fingerprint density at radius 2 is 1.68 bits per heavy atom. The maximum Gasteiger partial charge on any atom is 0.246 e. The summed E-state index contributed by atoms with van der Waals surface area (Å²) in [5, 5.41) is 22.1. The molecule has 1 aliphatic heterocycles. The highest BCUT2D eigenvalue weighted by atomic mass is 32.2. The minimum atomic E-state index is -3.95. The van der Waals surface area contributed by atoms with Crippen molar-refractivity contribution < 1.29 is 27.8 Å². The van der Waals surface area contributed by atoms with Crippen molar-refractivity contribution in [2.24, 2.45) is 0 Å². The molecule has 25 heavy (non-hydrogen) atoms. The van der Waals surface area contributed by atoms with Crippen molar-refractivity contribution in [2.45, 2.75) is 4.90 Å². The van der Waals surface area contributed by atoms with Crippen molar-refractivity contribution in [3.05, 3.63) is 42.2 Å². The Balaban J connectivity index is 2.00. The molecule has 0 unspecified atom stereocenters. The number of nitrogens with zero attached hydrogens (tertiary/aromatic N) is 1. The number of hydrogen-bond acceptors (Lipinski definition) is 6. The Morgan fingerprint density at radius 3 is 2.32 bits per heavy atom. The molecule has 1 heterocycles. The molecule has 9 heteroatoms. The fraction of sp³-hybridized carbons (Fsp3) is 0.250. The third-order valence-electron chi connectivity index (χ3n) is 3.70. The second-order valence-electron chi connectivity index (χ2n) is 5.53. The largest absolute Gasteiger partial charge is 0.508 e. The van der Waals surface area contributed by atoms with Crippen LogP contribution in [0.3, 0.4) is 0 Å². The maximum atomic E-state index is 13.7. The molecule has 2 aromatic carbocycles. The van der Waals surface area contributed by atoms with Crippen molar-refractivity contribution in [2.75, 3.05) is 26.2 Å². The summed E-state index contributed by atoms with van der Waals surface area (Å²) >= 11 is 0. The standard InChI is InChI=1S/C16H17FN2O5S/c17-11-1-2-15(24-14-9-12(20)8-13(21)10-14)16(7-11)25(22,23)19-5-3-18-4-6-19/h1-2,7-10,18,20-21H,3-6H2. The Labute approximate surface area is 144 Å². The van der Waals surface area contributed by atoms with Crippen LogP contribution in [0.4, 0.5) is 4.39 Å². The first-order chi connectivity index (χ1) is 11.9. The van der Waals surface area contributed by atoms with Crippen LogP contribution in [0, 0.1) is 5.82 Å². The summed E-state index contributed by atoms with van der Waals surface area (Å²) < 4.78 is 46.1. The zero-order valence-corrected chi connectivity index (χ0v) is 14.0. The third-order valence-corrected chi connectivity index (χ3v) is 5.62. The van der Waals surface area contributed by atoms with Gasteiger partial charge in [-0.25, -0.2) is 12.8 Å². The summed E-state index contributed by atoms with van der Waals surface area (Å²) in [6.07, 6.45) is 0. The van der Waals surface area contributed by atoms with E-state index in [0.717, 1.165) is 18.2 Å². The molecule has 3 rings (SSSR count). The molecule has 0 radical (unpaired) electrons. The lowest BCUT2D eigenvalue weighted by Crippen LogP contribution is -2.46. The fourth-order valence-corrected chi connectivity index (χ4v) is 4.11. The average molecular weight is 368 g/mol. The molecule has 134 valence electrons. The molecule has 0 atom stereocenters. The summed E-state index contributed by atoms with van der Waals surface area (Å²) in [6, 6.07) is 6.71. The number of nitrogens with one attached hydrogen (secondary N) is 1. The van der Waals surface area contributed by atoms with E-state index in [2.05, 4.69) is 5.32 Å². The summed E-state index contributed by atoms with van der Waals surface area (Å²) in [5.41, 5.74) is 0. The van der Waals surface area contributed by atoms with E-state index in [-0.39, 0.29) is 41.0 Å². The minimum Gasteiger partial charge on any atom is -0.508 e. The normalized spacial score (nSPS) is 15.9. The van der Waals surface area contributed by atoms with E-state index in [1.807, 2.05) is 0 Å². The molecule has 1 aliphatic rings. The summed E-state index contributed by atoms with van der Waals surface area (Å²) in [7, 11) is -3.95. The van der Waals surface area contributed by atoms with Crippen LogP contribution in [-0.4, -0.2) is 49.1 Å². The molecule has 0 amide bonds. The van der Waals surface area contributed by atoms with Crippen LogP contribution in [0.5, 0.6) is 23.0 Å². The zero-order valence-electron chi connectivity index (χ0n) is 13.1. The quantitative estimate of drug-likeness (QED) is 0.759. The van der Waals surface area contributed by atoms with E-state index in [0.29, 0.717) is 13.1 Å². The van der Waals surface area contributed by atoms with E-state index < -0.39 is 15.8 Å².